The molecule has 1 heterocycles. The topological polar surface area (TPSA) is 3.24 Å². The van der Waals surface area contributed by atoms with E-state index < -0.39 is 0 Å². The van der Waals surface area contributed by atoms with E-state index in [1.165, 1.54) is 24.8 Å². The van der Waals surface area contributed by atoms with Crippen LogP contribution in [0.5, 0.6) is 0 Å². The lowest BCUT2D eigenvalue weighted by molar-refractivity contribution is 0.0592. The zero-order valence-corrected chi connectivity index (χ0v) is 10.5. The van der Waals surface area contributed by atoms with Gasteiger partial charge in [-0.2, -0.15) is 0 Å². The van der Waals surface area contributed by atoms with Crippen LogP contribution in [0.4, 0.5) is 4.39 Å². The van der Waals surface area contributed by atoms with Gasteiger partial charge in [-0.1, -0.05) is 25.5 Å². The molecule has 1 atom stereocenters. The van der Waals surface area contributed by atoms with Gasteiger partial charge < -0.3 is 0 Å². The Morgan fingerprint density at radius 2 is 2.18 bits per heavy atom. The predicted molar refractivity (Wildman–Crippen MR) is 67.4 cm³/mol. The highest BCUT2D eigenvalue weighted by Crippen LogP contribution is 2.34. The summed E-state index contributed by atoms with van der Waals surface area (Å²) in [6.07, 6.45) is 6.06. The maximum atomic E-state index is 13.8. The van der Waals surface area contributed by atoms with Gasteiger partial charge in [-0.3, -0.25) is 4.90 Å². The van der Waals surface area contributed by atoms with Crippen molar-refractivity contribution in [2.24, 2.45) is 0 Å². The molecule has 0 amide bonds. The van der Waals surface area contributed by atoms with Crippen molar-refractivity contribution in [2.75, 3.05) is 0 Å². The summed E-state index contributed by atoms with van der Waals surface area (Å²) >= 11 is 0. The second kappa shape index (κ2) is 4.41. The number of benzene rings is 1. The van der Waals surface area contributed by atoms with E-state index >= 15 is 0 Å². The summed E-state index contributed by atoms with van der Waals surface area (Å²) in [5.41, 5.74) is 2.18. The van der Waals surface area contributed by atoms with E-state index in [1.807, 2.05) is 6.07 Å². The van der Waals surface area contributed by atoms with Crippen LogP contribution < -0.4 is 0 Å². The summed E-state index contributed by atoms with van der Waals surface area (Å²) in [6, 6.07) is 6.85. The van der Waals surface area contributed by atoms with E-state index in [0.717, 1.165) is 31.0 Å². The normalized spacial score (nSPS) is 25.4. The van der Waals surface area contributed by atoms with Gasteiger partial charge in [0.2, 0.25) is 0 Å². The van der Waals surface area contributed by atoms with Gasteiger partial charge in [0.05, 0.1) is 0 Å². The van der Waals surface area contributed by atoms with Crippen LogP contribution in [0.3, 0.4) is 0 Å². The summed E-state index contributed by atoms with van der Waals surface area (Å²) in [5, 5.41) is 0. The maximum absolute atomic E-state index is 13.8. The Hall–Kier alpha value is -0.890. The van der Waals surface area contributed by atoms with Crippen molar-refractivity contribution in [2.45, 2.75) is 57.7 Å². The van der Waals surface area contributed by atoms with Crippen molar-refractivity contribution in [1.29, 1.82) is 0 Å². The van der Waals surface area contributed by atoms with Crippen molar-refractivity contribution in [3.05, 3.63) is 35.1 Å². The maximum Gasteiger partial charge on any atom is 0.126 e. The van der Waals surface area contributed by atoms with Crippen LogP contribution in [0.2, 0.25) is 0 Å². The number of rotatable bonds is 2. The molecule has 0 N–H and O–H groups in total. The molecule has 1 aromatic rings. The molecule has 3 rings (SSSR count). The fourth-order valence-corrected chi connectivity index (χ4v) is 3.18. The lowest BCUT2D eigenvalue weighted by Crippen LogP contribution is -2.49. The molecule has 0 aromatic heterocycles. The van der Waals surface area contributed by atoms with Crippen molar-refractivity contribution in [3.63, 3.8) is 0 Å². The summed E-state index contributed by atoms with van der Waals surface area (Å²) in [6.45, 7) is 3.18. The highest BCUT2D eigenvalue weighted by molar-refractivity contribution is 5.31. The van der Waals surface area contributed by atoms with Gasteiger partial charge in [-0.15, -0.1) is 0 Å². The third kappa shape index (κ3) is 1.89. The molecule has 1 aliphatic heterocycles. The smallest absolute Gasteiger partial charge is 0.126 e. The third-order valence-corrected chi connectivity index (χ3v) is 4.49. The van der Waals surface area contributed by atoms with Gasteiger partial charge in [0.1, 0.15) is 5.82 Å². The Balaban J connectivity index is 1.90. The van der Waals surface area contributed by atoms with Gasteiger partial charge in [0, 0.05) is 18.6 Å². The van der Waals surface area contributed by atoms with E-state index in [2.05, 4.69) is 17.9 Å². The highest BCUT2D eigenvalue weighted by Gasteiger charge is 2.34. The number of hydrogen-bond acceptors (Lipinski definition) is 1. The van der Waals surface area contributed by atoms with Crippen LogP contribution in [0.15, 0.2) is 18.2 Å². The second-order valence-electron chi connectivity index (χ2n) is 5.40. The number of nitrogens with zero attached hydrogens (tertiary/aromatic N) is 1. The first kappa shape index (κ1) is 11.2. The Morgan fingerprint density at radius 3 is 2.82 bits per heavy atom. The Labute approximate surface area is 103 Å². The lowest BCUT2D eigenvalue weighted by atomic mass is 9.85. The van der Waals surface area contributed by atoms with Gasteiger partial charge in [-0.25, -0.2) is 4.39 Å². The van der Waals surface area contributed by atoms with Crippen LogP contribution >= 0.6 is 0 Å². The van der Waals surface area contributed by atoms with E-state index in [-0.39, 0.29) is 5.82 Å². The Kier molecular flexibility index (Phi) is 2.91. The van der Waals surface area contributed by atoms with Gasteiger partial charge >= 0.3 is 0 Å². The predicted octanol–water partition coefficient (Wildman–Crippen LogP) is 3.51. The van der Waals surface area contributed by atoms with E-state index in [1.54, 1.807) is 6.07 Å². The molecule has 0 spiro atoms. The molecule has 2 aliphatic rings. The van der Waals surface area contributed by atoms with Crippen molar-refractivity contribution >= 4 is 0 Å². The SMILES string of the molecule is CC[C@@H]1Cc2c(F)cccc2CN1C1CCC1. The third-order valence-electron chi connectivity index (χ3n) is 4.49. The summed E-state index contributed by atoms with van der Waals surface area (Å²) < 4.78 is 13.8. The van der Waals surface area contributed by atoms with Crippen molar-refractivity contribution in [1.82, 2.24) is 4.90 Å². The van der Waals surface area contributed by atoms with E-state index in [4.69, 9.17) is 0 Å². The molecule has 0 radical (unpaired) electrons. The zero-order chi connectivity index (χ0) is 11.8. The number of hydrogen-bond donors (Lipinski definition) is 0. The average molecular weight is 233 g/mol. The molecule has 0 bridgehead atoms. The standard InChI is InChI=1S/C15H20FN/c1-2-12-9-14-11(5-3-8-15(14)16)10-17(12)13-6-4-7-13/h3,5,8,12-13H,2,4,6-7,9-10H2,1H3/t12-/m1/s1. The number of fused-ring (bicyclic) bond motifs is 1. The van der Waals surface area contributed by atoms with E-state index in [0.29, 0.717) is 6.04 Å². The Bertz CT molecular complexity index is 411. The molecule has 92 valence electrons. The van der Waals surface area contributed by atoms with Gasteiger partial charge in [0.15, 0.2) is 0 Å². The minimum atomic E-state index is -0.00536. The quantitative estimate of drug-likeness (QED) is 0.755. The van der Waals surface area contributed by atoms with Crippen molar-refractivity contribution < 1.29 is 4.39 Å². The lowest BCUT2D eigenvalue weighted by Gasteiger charge is -2.45. The van der Waals surface area contributed by atoms with E-state index in [9.17, 15) is 4.39 Å². The van der Waals surface area contributed by atoms with Crippen LogP contribution in [-0.2, 0) is 13.0 Å². The molecule has 0 unspecified atom stereocenters. The fraction of sp³-hybridized carbons (Fsp3) is 0.600. The summed E-state index contributed by atoms with van der Waals surface area (Å²) in [4.78, 5) is 2.62. The second-order valence-corrected chi connectivity index (χ2v) is 5.40. The fourth-order valence-electron chi connectivity index (χ4n) is 3.18. The number of halogens is 1. The summed E-state index contributed by atoms with van der Waals surface area (Å²) in [5.74, 6) is -0.00536. The molecule has 0 saturated heterocycles. The molecule has 1 fully saturated rings. The first-order valence-electron chi connectivity index (χ1n) is 6.81. The van der Waals surface area contributed by atoms with Crippen LogP contribution in [0, 0.1) is 5.82 Å². The van der Waals surface area contributed by atoms with Crippen LogP contribution in [0.25, 0.3) is 0 Å². The molecule has 2 heteroatoms. The zero-order valence-electron chi connectivity index (χ0n) is 10.5. The molecular formula is C15H20FN. The monoisotopic (exact) mass is 233 g/mol. The first-order valence-corrected chi connectivity index (χ1v) is 6.81. The minimum Gasteiger partial charge on any atom is -0.293 e. The minimum absolute atomic E-state index is 0.00536. The van der Waals surface area contributed by atoms with Crippen molar-refractivity contribution in [3.8, 4) is 0 Å². The molecular weight excluding hydrogens is 213 g/mol. The van der Waals surface area contributed by atoms with Crippen LogP contribution in [-0.4, -0.2) is 17.0 Å². The molecule has 1 saturated carbocycles. The Morgan fingerprint density at radius 1 is 1.35 bits per heavy atom. The van der Waals surface area contributed by atoms with Gasteiger partial charge in [0.25, 0.3) is 0 Å². The summed E-state index contributed by atoms with van der Waals surface area (Å²) in [7, 11) is 0. The molecule has 1 nitrogen and oxygen atoms in total. The molecule has 17 heavy (non-hydrogen) atoms. The largest absolute Gasteiger partial charge is 0.293 e. The first-order chi connectivity index (χ1) is 8.29. The average Bonchev–Trinajstić information content (AvgIpc) is 2.26. The van der Waals surface area contributed by atoms with Gasteiger partial charge in [-0.05, 0) is 42.9 Å². The molecule has 1 aliphatic carbocycles. The highest BCUT2D eigenvalue weighted by atomic mass is 19.1. The van der Waals surface area contributed by atoms with Crippen LogP contribution in [0.1, 0.15) is 43.7 Å². The molecule has 1 aromatic carbocycles.